The van der Waals surface area contributed by atoms with Crippen molar-refractivity contribution in [3.8, 4) is 0 Å². The van der Waals surface area contributed by atoms with Crippen molar-refractivity contribution < 1.29 is 9.59 Å². The van der Waals surface area contributed by atoms with E-state index in [0.717, 1.165) is 16.5 Å². The lowest BCUT2D eigenvalue weighted by Crippen LogP contribution is -2.01. The smallest absolute Gasteiger partial charge is 0.204 e. The summed E-state index contributed by atoms with van der Waals surface area (Å²) >= 11 is 0. The summed E-state index contributed by atoms with van der Waals surface area (Å²) < 4.78 is 0. The van der Waals surface area contributed by atoms with Gasteiger partial charge in [-0.05, 0) is 31.2 Å². The summed E-state index contributed by atoms with van der Waals surface area (Å²) in [5, 5.41) is 0.976. The third-order valence-corrected chi connectivity index (χ3v) is 3.57. The highest BCUT2D eigenvalue weighted by Gasteiger charge is 2.07. The van der Waals surface area contributed by atoms with Gasteiger partial charge in [0.15, 0.2) is 5.78 Å². The number of rotatable bonds is 4. The molecule has 3 heteroatoms. The predicted octanol–water partition coefficient (Wildman–Crippen LogP) is 4.17. The molecule has 0 bridgehead atoms. The van der Waals surface area contributed by atoms with Crippen LogP contribution >= 0.6 is 0 Å². The van der Waals surface area contributed by atoms with E-state index in [1.165, 1.54) is 12.2 Å². The van der Waals surface area contributed by atoms with Crippen molar-refractivity contribution in [3.63, 3.8) is 0 Å². The molecule has 1 aromatic heterocycles. The second kappa shape index (κ2) is 6.36. The molecule has 0 saturated heterocycles. The summed E-state index contributed by atoms with van der Waals surface area (Å²) in [5.74, 6) is -0.477. The second-order valence-corrected chi connectivity index (χ2v) is 5.32. The minimum absolute atomic E-state index is 0.195. The van der Waals surface area contributed by atoms with E-state index >= 15 is 0 Å². The van der Waals surface area contributed by atoms with Crippen molar-refractivity contribution in [2.75, 3.05) is 0 Å². The molecule has 2 aromatic carbocycles. The van der Waals surface area contributed by atoms with Crippen molar-refractivity contribution in [2.24, 2.45) is 0 Å². The van der Waals surface area contributed by atoms with Gasteiger partial charge in [-0.25, -0.2) is 4.98 Å². The lowest BCUT2D eigenvalue weighted by atomic mass is 10.1. The minimum Gasteiger partial charge on any atom is -0.289 e. The molecule has 0 radical (unpaired) electrons. The number of allylic oxidation sites excluding steroid dienone is 2. The number of carbonyl (C=O) groups excluding carboxylic acids is 2. The third kappa shape index (κ3) is 3.40. The van der Waals surface area contributed by atoms with Gasteiger partial charge in [0.05, 0.1) is 5.52 Å². The molecule has 0 N–H and O–H groups in total. The molecule has 0 amide bonds. The molecule has 0 aliphatic rings. The monoisotopic (exact) mass is 301 g/mol. The van der Waals surface area contributed by atoms with Crippen molar-refractivity contribution in [1.82, 2.24) is 4.98 Å². The van der Waals surface area contributed by atoms with E-state index in [1.807, 2.05) is 49.4 Å². The van der Waals surface area contributed by atoms with E-state index < -0.39 is 0 Å². The Kier molecular flexibility index (Phi) is 4.11. The van der Waals surface area contributed by atoms with E-state index in [2.05, 4.69) is 4.98 Å². The zero-order valence-corrected chi connectivity index (χ0v) is 12.7. The SMILES string of the molecule is Cc1ccc(C(=O)C=CC(=O)c2ccc3ccccc3n2)cc1. The van der Waals surface area contributed by atoms with Gasteiger partial charge >= 0.3 is 0 Å². The van der Waals surface area contributed by atoms with Gasteiger partial charge < -0.3 is 0 Å². The van der Waals surface area contributed by atoms with E-state index in [4.69, 9.17) is 0 Å². The van der Waals surface area contributed by atoms with Crippen LogP contribution in [0.1, 0.15) is 26.4 Å². The molecule has 1 heterocycles. The number of para-hydroxylation sites is 1. The van der Waals surface area contributed by atoms with Crippen LogP contribution in [-0.2, 0) is 0 Å². The molecule has 0 atom stereocenters. The first-order chi connectivity index (χ1) is 11.1. The van der Waals surface area contributed by atoms with Crippen LogP contribution in [0.5, 0.6) is 0 Å². The van der Waals surface area contributed by atoms with Crippen LogP contribution in [-0.4, -0.2) is 16.6 Å². The van der Waals surface area contributed by atoms with Crippen molar-refractivity contribution >= 4 is 22.5 Å². The molecule has 3 aromatic rings. The Morgan fingerprint density at radius 3 is 2.30 bits per heavy atom. The van der Waals surface area contributed by atoms with E-state index in [1.54, 1.807) is 18.2 Å². The topological polar surface area (TPSA) is 47.0 Å². The molecule has 23 heavy (non-hydrogen) atoms. The summed E-state index contributed by atoms with van der Waals surface area (Å²) in [6, 6.07) is 18.4. The molecule has 0 saturated carbocycles. The molecule has 0 aliphatic carbocycles. The molecule has 3 nitrogen and oxygen atoms in total. The first-order valence-corrected chi connectivity index (χ1v) is 7.33. The quantitative estimate of drug-likeness (QED) is 0.537. The molecular formula is C20H15NO2. The highest BCUT2D eigenvalue weighted by Crippen LogP contribution is 2.12. The van der Waals surface area contributed by atoms with Gasteiger partial charge in [0.2, 0.25) is 5.78 Å². The Bertz CT molecular complexity index is 908. The molecule has 0 unspecified atom stereocenters. The lowest BCUT2D eigenvalue weighted by molar-refractivity contribution is 0.102. The number of aryl methyl sites for hydroxylation is 1. The van der Waals surface area contributed by atoms with Crippen LogP contribution in [0.2, 0.25) is 0 Å². The average Bonchev–Trinajstić information content (AvgIpc) is 2.59. The maximum absolute atomic E-state index is 12.2. The normalized spacial score (nSPS) is 11.0. The van der Waals surface area contributed by atoms with E-state index in [-0.39, 0.29) is 11.6 Å². The standard InChI is InChI=1S/C20H15NO2/c1-14-6-8-16(9-7-14)19(22)12-13-20(23)18-11-10-15-4-2-3-5-17(15)21-18/h2-13H,1H3. The number of nitrogens with zero attached hydrogens (tertiary/aromatic N) is 1. The number of hydrogen-bond donors (Lipinski definition) is 0. The van der Waals surface area contributed by atoms with Gasteiger partial charge in [-0.15, -0.1) is 0 Å². The second-order valence-electron chi connectivity index (χ2n) is 5.32. The Balaban J connectivity index is 1.79. The number of fused-ring (bicyclic) bond motifs is 1. The Morgan fingerprint density at radius 2 is 1.52 bits per heavy atom. The molecule has 0 aliphatic heterocycles. The zero-order valence-electron chi connectivity index (χ0n) is 12.7. The van der Waals surface area contributed by atoms with Crippen molar-refractivity contribution in [2.45, 2.75) is 6.92 Å². The number of carbonyl (C=O) groups is 2. The van der Waals surface area contributed by atoms with E-state index in [0.29, 0.717) is 11.3 Å². The molecule has 0 fully saturated rings. The molecule has 3 rings (SSSR count). The van der Waals surface area contributed by atoms with Crippen LogP contribution in [0.15, 0.2) is 72.8 Å². The van der Waals surface area contributed by atoms with E-state index in [9.17, 15) is 9.59 Å². The number of pyridine rings is 1. The van der Waals surface area contributed by atoms with Gasteiger partial charge in [0, 0.05) is 10.9 Å². The summed E-state index contributed by atoms with van der Waals surface area (Å²) in [6.07, 6.45) is 2.57. The van der Waals surface area contributed by atoms with Crippen LogP contribution in [0.3, 0.4) is 0 Å². The summed E-state index contributed by atoms with van der Waals surface area (Å²) in [5.41, 5.74) is 2.74. The number of hydrogen-bond acceptors (Lipinski definition) is 3. The van der Waals surface area contributed by atoms with Crippen LogP contribution < -0.4 is 0 Å². The fraction of sp³-hybridized carbons (Fsp3) is 0.0500. The van der Waals surface area contributed by atoms with Gasteiger partial charge in [0.1, 0.15) is 5.69 Å². The van der Waals surface area contributed by atoms with Crippen LogP contribution in [0.4, 0.5) is 0 Å². The summed E-state index contributed by atoms with van der Waals surface area (Å²) in [4.78, 5) is 28.5. The predicted molar refractivity (Wildman–Crippen MR) is 90.7 cm³/mol. The van der Waals surface area contributed by atoms with Gasteiger partial charge in [0.25, 0.3) is 0 Å². The first kappa shape index (κ1) is 14.9. The maximum atomic E-state index is 12.2. The first-order valence-electron chi connectivity index (χ1n) is 7.33. The third-order valence-electron chi connectivity index (χ3n) is 3.57. The fourth-order valence-corrected chi connectivity index (χ4v) is 2.25. The molecule has 112 valence electrons. The molecule has 0 spiro atoms. The number of ketones is 2. The summed E-state index contributed by atoms with van der Waals surface area (Å²) in [6.45, 7) is 1.96. The Labute approximate surface area is 134 Å². The van der Waals surface area contributed by atoms with Gasteiger partial charge in [-0.1, -0.05) is 54.1 Å². The largest absolute Gasteiger partial charge is 0.289 e. The highest BCUT2D eigenvalue weighted by atomic mass is 16.1. The average molecular weight is 301 g/mol. The Hall–Kier alpha value is -3.07. The van der Waals surface area contributed by atoms with Gasteiger partial charge in [-0.2, -0.15) is 0 Å². The van der Waals surface area contributed by atoms with Crippen LogP contribution in [0, 0.1) is 6.92 Å². The van der Waals surface area contributed by atoms with Gasteiger partial charge in [-0.3, -0.25) is 9.59 Å². The fourth-order valence-electron chi connectivity index (χ4n) is 2.25. The van der Waals surface area contributed by atoms with Crippen molar-refractivity contribution in [1.29, 1.82) is 0 Å². The number of aromatic nitrogens is 1. The maximum Gasteiger partial charge on any atom is 0.204 e. The molecular weight excluding hydrogens is 286 g/mol. The van der Waals surface area contributed by atoms with Crippen molar-refractivity contribution in [3.05, 3.63) is 89.6 Å². The highest BCUT2D eigenvalue weighted by molar-refractivity contribution is 6.11. The zero-order chi connectivity index (χ0) is 16.2. The number of benzene rings is 2. The summed E-state index contributed by atoms with van der Waals surface area (Å²) in [7, 11) is 0. The Morgan fingerprint density at radius 1 is 0.826 bits per heavy atom. The minimum atomic E-state index is -0.281. The van der Waals surface area contributed by atoms with Crippen LogP contribution in [0.25, 0.3) is 10.9 Å². The lowest BCUT2D eigenvalue weighted by Gasteiger charge is -1.99.